The summed E-state index contributed by atoms with van der Waals surface area (Å²) in [6.07, 6.45) is 0.753. The number of anilines is 1. The molecule has 0 aromatic heterocycles. The van der Waals surface area contributed by atoms with E-state index in [2.05, 4.69) is 10.6 Å². The van der Waals surface area contributed by atoms with Crippen LogP contribution >= 0.6 is 23.2 Å². The molecule has 6 heteroatoms. The lowest BCUT2D eigenvalue weighted by Crippen LogP contribution is -2.19. The largest absolute Gasteiger partial charge is 0.355 e. The van der Waals surface area contributed by atoms with Crippen molar-refractivity contribution in [1.29, 1.82) is 0 Å². The van der Waals surface area contributed by atoms with E-state index in [1.807, 2.05) is 13.0 Å². The Morgan fingerprint density at radius 2 is 1.88 bits per heavy atom. The molecule has 0 aliphatic carbocycles. The molecule has 0 aliphatic heterocycles. The van der Waals surface area contributed by atoms with Crippen molar-refractivity contribution in [3.05, 3.63) is 63.1 Å². The Kier molecular flexibility index (Phi) is 6.23. The molecule has 0 radical (unpaired) electrons. The van der Waals surface area contributed by atoms with Gasteiger partial charge >= 0.3 is 0 Å². The molecule has 24 heavy (non-hydrogen) atoms. The van der Waals surface area contributed by atoms with Crippen LogP contribution in [0.4, 0.5) is 5.69 Å². The molecule has 2 amide bonds. The van der Waals surface area contributed by atoms with Gasteiger partial charge in [0.25, 0.3) is 5.91 Å². The first-order chi connectivity index (χ1) is 11.4. The van der Waals surface area contributed by atoms with E-state index in [9.17, 15) is 9.59 Å². The quantitative estimate of drug-likeness (QED) is 0.833. The maximum atomic E-state index is 12.2. The summed E-state index contributed by atoms with van der Waals surface area (Å²) in [7, 11) is 1.56. The lowest BCUT2D eigenvalue weighted by Gasteiger charge is -2.11. The van der Waals surface area contributed by atoms with Crippen LogP contribution in [-0.4, -0.2) is 18.9 Å². The third-order valence-electron chi connectivity index (χ3n) is 3.65. The smallest absolute Gasteiger partial charge is 0.251 e. The number of aryl methyl sites for hydroxylation is 2. The van der Waals surface area contributed by atoms with Gasteiger partial charge in [-0.15, -0.1) is 0 Å². The van der Waals surface area contributed by atoms with Gasteiger partial charge in [0.2, 0.25) is 5.91 Å². The molecular weight excluding hydrogens is 347 g/mol. The van der Waals surface area contributed by atoms with E-state index in [1.165, 1.54) is 0 Å². The first kappa shape index (κ1) is 18.3. The second-order valence-electron chi connectivity index (χ2n) is 5.37. The number of hydrogen-bond donors (Lipinski definition) is 2. The minimum Gasteiger partial charge on any atom is -0.355 e. The molecule has 4 nitrogen and oxygen atoms in total. The number of carbonyl (C=O) groups is 2. The minimum absolute atomic E-state index is 0.150. The van der Waals surface area contributed by atoms with Gasteiger partial charge in [-0.25, -0.2) is 0 Å². The fraction of sp³-hybridized carbons (Fsp3) is 0.222. The van der Waals surface area contributed by atoms with Gasteiger partial charge in [-0.3, -0.25) is 9.59 Å². The zero-order valence-corrected chi connectivity index (χ0v) is 15.0. The summed E-state index contributed by atoms with van der Waals surface area (Å²) in [4.78, 5) is 23.9. The molecular formula is C18H18Cl2N2O2. The summed E-state index contributed by atoms with van der Waals surface area (Å²) >= 11 is 12.1. The fourth-order valence-corrected chi connectivity index (χ4v) is 2.66. The molecule has 0 spiro atoms. The fourth-order valence-electron chi connectivity index (χ4n) is 2.24. The van der Waals surface area contributed by atoms with Gasteiger partial charge in [-0.2, -0.15) is 0 Å². The third kappa shape index (κ3) is 4.49. The summed E-state index contributed by atoms with van der Waals surface area (Å²) in [5.41, 5.74) is 2.83. The van der Waals surface area contributed by atoms with E-state index in [1.54, 1.807) is 37.4 Å². The van der Waals surface area contributed by atoms with E-state index in [-0.39, 0.29) is 18.2 Å². The first-order valence-corrected chi connectivity index (χ1v) is 8.23. The van der Waals surface area contributed by atoms with Gasteiger partial charge < -0.3 is 10.6 Å². The van der Waals surface area contributed by atoms with Crippen LogP contribution in [0.2, 0.25) is 10.0 Å². The van der Waals surface area contributed by atoms with E-state index < -0.39 is 0 Å². The van der Waals surface area contributed by atoms with Crippen molar-refractivity contribution >= 4 is 40.7 Å². The van der Waals surface area contributed by atoms with Crippen molar-refractivity contribution in [3.8, 4) is 0 Å². The van der Waals surface area contributed by atoms with Gasteiger partial charge in [0.15, 0.2) is 0 Å². The molecule has 2 rings (SSSR count). The number of benzene rings is 2. The van der Waals surface area contributed by atoms with Crippen molar-refractivity contribution in [1.82, 2.24) is 5.32 Å². The number of nitrogens with one attached hydrogen (secondary N) is 2. The molecule has 0 heterocycles. The van der Waals surface area contributed by atoms with Crippen molar-refractivity contribution in [2.75, 3.05) is 12.4 Å². The van der Waals surface area contributed by atoms with E-state index >= 15 is 0 Å². The van der Waals surface area contributed by atoms with Crippen LogP contribution in [0.25, 0.3) is 0 Å². The Morgan fingerprint density at radius 1 is 1.12 bits per heavy atom. The lowest BCUT2D eigenvalue weighted by molar-refractivity contribution is -0.116. The van der Waals surface area contributed by atoms with Crippen molar-refractivity contribution in [3.63, 3.8) is 0 Å². The maximum Gasteiger partial charge on any atom is 0.251 e. The highest BCUT2D eigenvalue weighted by molar-refractivity contribution is 6.42. The minimum atomic E-state index is -0.198. The zero-order chi connectivity index (χ0) is 17.7. The molecule has 2 N–H and O–H groups in total. The standard InChI is InChI=1S/C18H18Cl2N2O2/c1-11-6-7-13(18(24)21-2)10-15(11)22-16(23)9-8-12-4-3-5-14(19)17(12)20/h3-7,10H,8-9H2,1-2H3,(H,21,24)(H,22,23). The maximum absolute atomic E-state index is 12.2. The van der Waals surface area contributed by atoms with E-state index in [0.29, 0.717) is 27.7 Å². The predicted molar refractivity (Wildman–Crippen MR) is 98.0 cm³/mol. The monoisotopic (exact) mass is 364 g/mol. The second-order valence-corrected chi connectivity index (χ2v) is 6.16. The highest BCUT2D eigenvalue weighted by Gasteiger charge is 2.11. The van der Waals surface area contributed by atoms with Crippen LogP contribution < -0.4 is 10.6 Å². The highest BCUT2D eigenvalue weighted by atomic mass is 35.5. The molecule has 2 aromatic rings. The van der Waals surface area contributed by atoms with Crippen molar-refractivity contribution in [2.45, 2.75) is 19.8 Å². The molecule has 126 valence electrons. The lowest BCUT2D eigenvalue weighted by atomic mass is 10.1. The summed E-state index contributed by atoms with van der Waals surface area (Å²) in [5.74, 6) is -0.348. The number of hydrogen-bond acceptors (Lipinski definition) is 2. The zero-order valence-electron chi connectivity index (χ0n) is 13.5. The molecule has 0 saturated carbocycles. The number of rotatable bonds is 5. The molecule has 0 bridgehead atoms. The molecule has 0 saturated heterocycles. The second kappa shape index (κ2) is 8.18. The number of halogens is 2. The topological polar surface area (TPSA) is 58.2 Å². The molecule has 2 aromatic carbocycles. The van der Waals surface area contributed by atoms with Crippen LogP contribution in [-0.2, 0) is 11.2 Å². The Labute approximate surface area is 151 Å². The van der Waals surface area contributed by atoms with Crippen LogP contribution in [0.5, 0.6) is 0 Å². The van der Waals surface area contributed by atoms with Gasteiger partial charge in [-0.05, 0) is 42.7 Å². The average molecular weight is 365 g/mol. The van der Waals surface area contributed by atoms with Crippen LogP contribution in [0.15, 0.2) is 36.4 Å². The summed E-state index contributed by atoms with van der Waals surface area (Å²) in [6, 6.07) is 10.5. The molecule has 0 unspecified atom stereocenters. The van der Waals surface area contributed by atoms with E-state index in [4.69, 9.17) is 23.2 Å². The van der Waals surface area contributed by atoms with Crippen LogP contribution in [0, 0.1) is 6.92 Å². The van der Waals surface area contributed by atoms with Gasteiger partial charge in [0, 0.05) is 24.7 Å². The van der Waals surface area contributed by atoms with Crippen molar-refractivity contribution in [2.24, 2.45) is 0 Å². The van der Waals surface area contributed by atoms with Gasteiger partial charge in [0.05, 0.1) is 10.0 Å². The number of amides is 2. The average Bonchev–Trinajstić information content (AvgIpc) is 2.57. The molecule has 0 fully saturated rings. The summed E-state index contributed by atoms with van der Waals surface area (Å²) in [5, 5.41) is 6.35. The number of carbonyl (C=O) groups excluding carboxylic acids is 2. The summed E-state index contributed by atoms with van der Waals surface area (Å²) in [6.45, 7) is 1.87. The normalized spacial score (nSPS) is 10.3. The third-order valence-corrected chi connectivity index (χ3v) is 4.51. The van der Waals surface area contributed by atoms with E-state index in [0.717, 1.165) is 11.1 Å². The Bertz CT molecular complexity index is 776. The Hall–Kier alpha value is -2.04. The van der Waals surface area contributed by atoms with Crippen molar-refractivity contribution < 1.29 is 9.59 Å². The molecule has 0 atom stereocenters. The van der Waals surface area contributed by atoms with Crippen LogP contribution in [0.1, 0.15) is 27.9 Å². The van der Waals surface area contributed by atoms with Gasteiger partial charge in [-0.1, -0.05) is 41.4 Å². The summed E-state index contributed by atoms with van der Waals surface area (Å²) < 4.78 is 0. The van der Waals surface area contributed by atoms with Gasteiger partial charge in [0.1, 0.15) is 0 Å². The Morgan fingerprint density at radius 3 is 2.58 bits per heavy atom. The van der Waals surface area contributed by atoms with Crippen LogP contribution in [0.3, 0.4) is 0 Å². The molecule has 0 aliphatic rings. The SMILES string of the molecule is CNC(=O)c1ccc(C)c(NC(=O)CCc2cccc(Cl)c2Cl)c1. The Balaban J connectivity index is 2.04. The predicted octanol–water partition coefficient (Wildman–Crippen LogP) is 4.23. The first-order valence-electron chi connectivity index (χ1n) is 7.48. The highest BCUT2D eigenvalue weighted by Crippen LogP contribution is 2.26.